The fourth-order valence-electron chi connectivity index (χ4n) is 5.47. The van der Waals surface area contributed by atoms with Crippen molar-refractivity contribution in [2.45, 2.75) is 56.0 Å². The molecule has 0 radical (unpaired) electrons. The van der Waals surface area contributed by atoms with Gasteiger partial charge in [-0.3, -0.25) is 9.78 Å². The summed E-state index contributed by atoms with van der Waals surface area (Å²) < 4.78 is 81.7. The minimum atomic E-state index is -4.63. The number of nitrogens with one attached hydrogen (secondary N) is 1. The molecule has 0 saturated carbocycles. The second-order valence-corrected chi connectivity index (χ2v) is 13.1. The summed E-state index contributed by atoms with van der Waals surface area (Å²) in [6.07, 6.45) is 1.24. The molecule has 1 saturated heterocycles. The van der Waals surface area contributed by atoms with Gasteiger partial charge in [0.05, 0.1) is 48.0 Å². The fraction of sp³-hybridized carbons (Fsp3) is 0.355. The van der Waals surface area contributed by atoms with E-state index in [1.54, 1.807) is 12.3 Å². The molecule has 1 aromatic carbocycles. The Balaban J connectivity index is 1.23. The van der Waals surface area contributed by atoms with Crippen LogP contribution in [-0.2, 0) is 21.1 Å². The van der Waals surface area contributed by atoms with Gasteiger partial charge >= 0.3 is 6.61 Å². The second-order valence-electron chi connectivity index (χ2n) is 11.1. The van der Waals surface area contributed by atoms with Gasteiger partial charge in [0.2, 0.25) is 15.3 Å². The van der Waals surface area contributed by atoms with Gasteiger partial charge in [0.15, 0.2) is 11.5 Å². The summed E-state index contributed by atoms with van der Waals surface area (Å²) in [5, 5.41) is 3.34. The molecule has 11 nitrogen and oxygen atoms in total. The zero-order valence-electron chi connectivity index (χ0n) is 24.8. The number of morpholine rings is 1. The van der Waals surface area contributed by atoms with Crippen LogP contribution in [0.25, 0.3) is 22.3 Å². The zero-order valence-corrected chi connectivity index (χ0v) is 25.6. The van der Waals surface area contributed by atoms with Crippen LogP contribution >= 0.6 is 0 Å². The quantitative estimate of drug-likeness (QED) is 0.299. The van der Waals surface area contributed by atoms with Crippen LogP contribution in [0.4, 0.5) is 19.0 Å². The fourth-order valence-corrected chi connectivity index (χ4v) is 6.86. The molecule has 242 valence electrons. The average molecular weight is 658 g/mol. The normalized spacial score (nSPS) is 20.9. The lowest BCUT2D eigenvalue weighted by atomic mass is 10.1. The minimum absolute atomic E-state index is 0.0776. The highest BCUT2D eigenvalue weighted by Gasteiger charge is 2.36. The van der Waals surface area contributed by atoms with Gasteiger partial charge in [-0.15, -0.1) is 0 Å². The number of hydrogen-bond donors (Lipinski definition) is 1. The van der Waals surface area contributed by atoms with Crippen LogP contribution in [0.2, 0.25) is 0 Å². The molecule has 3 aromatic heterocycles. The number of amides is 1. The number of aromatic nitrogens is 3. The van der Waals surface area contributed by atoms with Gasteiger partial charge in [-0.25, -0.2) is 22.8 Å². The molecule has 0 spiro atoms. The second kappa shape index (κ2) is 12.7. The molecule has 1 amide bonds. The average Bonchev–Trinajstić information content (AvgIpc) is 3.13. The van der Waals surface area contributed by atoms with Crippen LogP contribution in [-0.4, -0.2) is 73.3 Å². The predicted molar refractivity (Wildman–Crippen MR) is 161 cm³/mol. The Bertz CT molecular complexity index is 1890. The summed E-state index contributed by atoms with van der Waals surface area (Å²) in [5.41, 5.74) is -0.357. The maximum Gasteiger partial charge on any atom is 0.387 e. The van der Waals surface area contributed by atoms with Gasteiger partial charge in [-0.1, -0.05) is 6.07 Å². The van der Waals surface area contributed by atoms with Gasteiger partial charge in [-0.05, 0) is 56.3 Å². The maximum atomic E-state index is 14.4. The van der Waals surface area contributed by atoms with E-state index in [0.29, 0.717) is 22.6 Å². The zero-order chi connectivity index (χ0) is 32.6. The number of nitrogens with zero attached hydrogens (tertiary/aromatic N) is 4. The molecule has 6 rings (SSSR count). The lowest BCUT2D eigenvalue weighted by molar-refractivity contribution is -0.0517. The van der Waals surface area contributed by atoms with Gasteiger partial charge in [0, 0.05) is 36.7 Å². The smallest absolute Gasteiger partial charge is 0.387 e. The van der Waals surface area contributed by atoms with E-state index in [9.17, 15) is 26.4 Å². The summed E-state index contributed by atoms with van der Waals surface area (Å²) in [6.45, 7) is 1.66. The molecule has 1 N–H and O–H groups in total. The third-order valence-electron chi connectivity index (χ3n) is 7.53. The van der Waals surface area contributed by atoms with E-state index in [-0.39, 0.29) is 30.9 Å². The van der Waals surface area contributed by atoms with Crippen LogP contribution in [0.1, 0.15) is 36.3 Å². The van der Waals surface area contributed by atoms with Crippen LogP contribution in [0.15, 0.2) is 59.6 Å². The first kappa shape index (κ1) is 31.5. The summed E-state index contributed by atoms with van der Waals surface area (Å²) in [5.74, 6) is -1.26. The molecule has 46 heavy (non-hydrogen) atoms. The van der Waals surface area contributed by atoms with Crippen molar-refractivity contribution in [2.24, 2.45) is 0 Å². The topological polar surface area (TPSA) is 133 Å². The highest BCUT2D eigenvalue weighted by Crippen LogP contribution is 2.41. The SMILES string of the molecule is C[C@@H]1CN(c2cccc(-c3ccc4cnc(CNC(=O)c5cc(OC(F)F)c6c(c5)S(=O)(=O)[C@@H](F)CCO6)cc4n3)n2)C[C@H](C)O1. The third-order valence-corrected chi connectivity index (χ3v) is 9.36. The number of ether oxygens (including phenoxy) is 3. The lowest BCUT2D eigenvalue weighted by Crippen LogP contribution is -2.45. The molecule has 15 heteroatoms. The summed E-state index contributed by atoms with van der Waals surface area (Å²) >= 11 is 0. The van der Waals surface area contributed by atoms with Crippen molar-refractivity contribution in [3.05, 3.63) is 66.0 Å². The Labute approximate surface area is 262 Å². The van der Waals surface area contributed by atoms with Crippen molar-refractivity contribution in [1.82, 2.24) is 20.3 Å². The number of carbonyl (C=O) groups is 1. The number of fused-ring (bicyclic) bond motifs is 2. The monoisotopic (exact) mass is 657 g/mol. The van der Waals surface area contributed by atoms with Crippen molar-refractivity contribution in [3.63, 3.8) is 0 Å². The Morgan fingerprint density at radius 2 is 1.85 bits per heavy atom. The highest BCUT2D eigenvalue weighted by molar-refractivity contribution is 7.92. The number of pyridine rings is 3. The van der Waals surface area contributed by atoms with Crippen LogP contribution in [0.3, 0.4) is 0 Å². The van der Waals surface area contributed by atoms with Gasteiger partial charge in [0.1, 0.15) is 10.7 Å². The van der Waals surface area contributed by atoms with Crippen molar-refractivity contribution >= 4 is 32.5 Å². The maximum absolute atomic E-state index is 14.4. The van der Waals surface area contributed by atoms with Crippen LogP contribution < -0.4 is 19.7 Å². The summed E-state index contributed by atoms with van der Waals surface area (Å²) in [6, 6.07) is 12.9. The van der Waals surface area contributed by atoms with E-state index < -0.39 is 50.7 Å². The van der Waals surface area contributed by atoms with Crippen molar-refractivity contribution in [1.29, 1.82) is 0 Å². The van der Waals surface area contributed by atoms with Crippen molar-refractivity contribution in [3.8, 4) is 22.9 Å². The minimum Gasteiger partial charge on any atom is -0.488 e. The van der Waals surface area contributed by atoms with E-state index >= 15 is 0 Å². The summed E-state index contributed by atoms with van der Waals surface area (Å²) in [7, 11) is -4.63. The molecule has 0 bridgehead atoms. The van der Waals surface area contributed by atoms with E-state index in [4.69, 9.17) is 19.4 Å². The molecular weight excluding hydrogens is 627 g/mol. The Kier molecular flexibility index (Phi) is 8.70. The number of alkyl halides is 3. The summed E-state index contributed by atoms with van der Waals surface area (Å²) in [4.78, 5) is 28.5. The number of carbonyl (C=O) groups excluding carboxylic acids is 1. The van der Waals surface area contributed by atoms with E-state index in [1.807, 2.05) is 44.2 Å². The number of hydrogen-bond acceptors (Lipinski definition) is 10. The first-order valence-corrected chi connectivity index (χ1v) is 16.1. The first-order valence-electron chi connectivity index (χ1n) is 14.5. The Morgan fingerprint density at radius 3 is 2.61 bits per heavy atom. The van der Waals surface area contributed by atoms with E-state index in [0.717, 1.165) is 36.4 Å². The molecule has 0 aliphatic carbocycles. The Morgan fingerprint density at radius 1 is 1.09 bits per heavy atom. The number of rotatable bonds is 7. The third kappa shape index (κ3) is 6.56. The molecule has 4 aromatic rings. The molecule has 3 atom stereocenters. The first-order chi connectivity index (χ1) is 22.0. The number of benzene rings is 1. The van der Waals surface area contributed by atoms with Crippen LogP contribution in [0, 0.1) is 0 Å². The lowest BCUT2D eigenvalue weighted by Gasteiger charge is -2.36. The molecule has 5 heterocycles. The van der Waals surface area contributed by atoms with E-state index in [2.05, 4.69) is 19.9 Å². The molecule has 2 aliphatic heterocycles. The number of sulfone groups is 1. The number of anilines is 1. The molecule has 2 aliphatic rings. The number of halogens is 3. The van der Waals surface area contributed by atoms with Gasteiger partial charge in [0.25, 0.3) is 5.91 Å². The molecular formula is C31H30F3N5O6S. The molecule has 1 fully saturated rings. The van der Waals surface area contributed by atoms with E-state index in [1.165, 1.54) is 0 Å². The standard InChI is InChI=1S/C31H30F3N5O6S/c1-17-15-39(16-18(2)44-17)28-5-3-4-22(38-28)23-7-6-19-13-35-21(12-24(19)37-23)14-36-30(40)20-10-25(45-31(33)34)29-26(11-20)46(41,42)27(32)8-9-43-29/h3-7,10-13,17-18,27,31H,8-9,14-16H2,1-2H3,(H,36,40)/t17-,18+,27-/m1/s1. The highest BCUT2D eigenvalue weighted by atomic mass is 32.2. The van der Waals surface area contributed by atoms with Crippen molar-refractivity contribution in [2.75, 3.05) is 24.6 Å². The van der Waals surface area contributed by atoms with Gasteiger partial charge < -0.3 is 24.4 Å². The largest absolute Gasteiger partial charge is 0.488 e. The molecule has 0 unspecified atom stereocenters. The Hall–Kier alpha value is -4.50. The van der Waals surface area contributed by atoms with Crippen LogP contribution in [0.5, 0.6) is 11.5 Å². The van der Waals surface area contributed by atoms with Gasteiger partial charge in [-0.2, -0.15) is 8.78 Å². The predicted octanol–water partition coefficient (Wildman–Crippen LogP) is 4.69. The van der Waals surface area contributed by atoms with Crippen molar-refractivity contribution < 1.29 is 40.6 Å².